The third-order valence-electron chi connectivity index (χ3n) is 6.20. The van der Waals surface area contributed by atoms with E-state index < -0.39 is 0 Å². The van der Waals surface area contributed by atoms with Gasteiger partial charge in [-0.1, -0.05) is 61.9 Å². The zero-order valence-corrected chi connectivity index (χ0v) is 20.4. The van der Waals surface area contributed by atoms with Crippen molar-refractivity contribution in [1.29, 1.82) is 0 Å². The minimum absolute atomic E-state index is 0.0421. The SMILES string of the molecule is CCCCc1cc(C)cc(-n2nc3ccc(Nc4ccccc4C(=O)c4ccccc4)cc3n2)c1O. The Labute approximate surface area is 210 Å². The van der Waals surface area contributed by atoms with Gasteiger partial charge in [-0.15, -0.1) is 15.0 Å². The van der Waals surface area contributed by atoms with E-state index in [0.29, 0.717) is 27.8 Å². The van der Waals surface area contributed by atoms with Crippen molar-refractivity contribution in [3.63, 3.8) is 0 Å². The highest BCUT2D eigenvalue weighted by Crippen LogP contribution is 2.30. The quantitative estimate of drug-likeness (QED) is 0.242. The zero-order chi connectivity index (χ0) is 25.1. The number of para-hydroxylation sites is 1. The van der Waals surface area contributed by atoms with Crippen molar-refractivity contribution in [1.82, 2.24) is 15.0 Å². The maximum absolute atomic E-state index is 13.1. The molecule has 1 heterocycles. The summed E-state index contributed by atoms with van der Waals surface area (Å²) in [6.07, 6.45) is 2.88. The third-order valence-corrected chi connectivity index (χ3v) is 6.20. The summed E-state index contributed by atoms with van der Waals surface area (Å²) < 4.78 is 0. The predicted octanol–water partition coefficient (Wildman–Crippen LogP) is 6.75. The number of anilines is 2. The third kappa shape index (κ3) is 4.70. The van der Waals surface area contributed by atoms with Crippen LogP contribution in [0.3, 0.4) is 0 Å². The molecular formula is C30H28N4O2. The van der Waals surface area contributed by atoms with E-state index in [4.69, 9.17) is 0 Å². The van der Waals surface area contributed by atoms with E-state index >= 15 is 0 Å². The molecular weight excluding hydrogens is 448 g/mol. The van der Waals surface area contributed by atoms with E-state index in [0.717, 1.165) is 41.8 Å². The van der Waals surface area contributed by atoms with Crippen molar-refractivity contribution in [3.8, 4) is 11.4 Å². The van der Waals surface area contributed by atoms with Gasteiger partial charge in [0, 0.05) is 22.5 Å². The Bertz CT molecular complexity index is 1540. The normalized spacial score (nSPS) is 11.1. The van der Waals surface area contributed by atoms with Gasteiger partial charge in [0.25, 0.3) is 0 Å². The molecule has 0 saturated carbocycles. The number of aryl methyl sites for hydroxylation is 2. The number of phenols is 1. The van der Waals surface area contributed by atoms with Crippen molar-refractivity contribution < 1.29 is 9.90 Å². The number of carbonyl (C=O) groups excluding carboxylic acids is 1. The molecule has 0 fully saturated rings. The lowest BCUT2D eigenvalue weighted by Crippen LogP contribution is -2.05. The first kappa shape index (κ1) is 23.3. The van der Waals surface area contributed by atoms with E-state index in [2.05, 4.69) is 22.4 Å². The first-order valence-electron chi connectivity index (χ1n) is 12.2. The molecule has 4 aromatic carbocycles. The number of benzene rings is 4. The fraction of sp³-hybridized carbons (Fsp3) is 0.167. The number of rotatable bonds is 8. The molecule has 0 atom stereocenters. The number of phenolic OH excluding ortho intramolecular Hbond substituents is 1. The molecule has 0 aliphatic heterocycles. The highest BCUT2D eigenvalue weighted by Gasteiger charge is 2.16. The first-order valence-corrected chi connectivity index (χ1v) is 12.2. The number of hydrogen-bond acceptors (Lipinski definition) is 5. The number of aromatic hydroxyl groups is 1. The fourth-order valence-electron chi connectivity index (χ4n) is 4.33. The molecule has 0 saturated heterocycles. The van der Waals surface area contributed by atoms with Crippen LogP contribution in [0, 0.1) is 6.92 Å². The van der Waals surface area contributed by atoms with Gasteiger partial charge >= 0.3 is 0 Å². The standard InChI is InChI=1S/C30H28N4O2/c1-3-4-10-22-17-20(2)18-28(30(22)36)34-32-26-16-15-23(19-27(26)33-34)31-25-14-9-8-13-24(25)29(35)21-11-6-5-7-12-21/h5-9,11-19,31,36H,3-4,10H2,1-2H3. The van der Waals surface area contributed by atoms with Gasteiger partial charge in [0.15, 0.2) is 5.78 Å². The van der Waals surface area contributed by atoms with Gasteiger partial charge < -0.3 is 10.4 Å². The number of nitrogens with one attached hydrogen (secondary N) is 1. The van der Waals surface area contributed by atoms with Crippen LogP contribution in [0.4, 0.5) is 11.4 Å². The van der Waals surface area contributed by atoms with Crippen molar-refractivity contribution in [2.24, 2.45) is 0 Å². The molecule has 1 aromatic heterocycles. The van der Waals surface area contributed by atoms with Crippen LogP contribution >= 0.6 is 0 Å². The van der Waals surface area contributed by atoms with Crippen LogP contribution in [0.2, 0.25) is 0 Å². The topological polar surface area (TPSA) is 80.0 Å². The first-order chi connectivity index (χ1) is 17.5. The number of ketones is 1. The summed E-state index contributed by atoms with van der Waals surface area (Å²) in [5, 5.41) is 23.5. The second kappa shape index (κ2) is 10.0. The summed E-state index contributed by atoms with van der Waals surface area (Å²) in [5.74, 6) is 0.181. The van der Waals surface area contributed by atoms with Gasteiger partial charge in [-0.3, -0.25) is 4.79 Å². The van der Waals surface area contributed by atoms with E-state index in [1.807, 2.05) is 91.9 Å². The molecule has 0 spiro atoms. The summed E-state index contributed by atoms with van der Waals surface area (Å²) in [6.45, 7) is 4.15. The van der Waals surface area contributed by atoms with Crippen LogP contribution in [0.25, 0.3) is 16.7 Å². The zero-order valence-electron chi connectivity index (χ0n) is 20.4. The van der Waals surface area contributed by atoms with Crippen LogP contribution in [-0.2, 0) is 6.42 Å². The molecule has 0 unspecified atom stereocenters. The number of aromatic nitrogens is 3. The van der Waals surface area contributed by atoms with Gasteiger partial charge in [0.1, 0.15) is 22.5 Å². The Balaban J connectivity index is 1.46. The lowest BCUT2D eigenvalue weighted by Gasteiger charge is -2.11. The summed E-state index contributed by atoms with van der Waals surface area (Å²) in [7, 11) is 0. The lowest BCUT2D eigenvalue weighted by atomic mass is 10.0. The van der Waals surface area contributed by atoms with Crippen LogP contribution in [-0.4, -0.2) is 25.9 Å². The molecule has 6 heteroatoms. The Hall–Kier alpha value is -4.45. The van der Waals surface area contributed by atoms with Gasteiger partial charge in [0.05, 0.1) is 0 Å². The van der Waals surface area contributed by atoms with Crippen LogP contribution in [0.5, 0.6) is 5.75 Å². The number of carbonyl (C=O) groups is 1. The number of nitrogens with zero attached hydrogens (tertiary/aromatic N) is 3. The molecule has 0 amide bonds. The van der Waals surface area contributed by atoms with Crippen LogP contribution in [0.1, 0.15) is 46.8 Å². The summed E-state index contributed by atoms with van der Waals surface area (Å²) >= 11 is 0. The Morgan fingerprint density at radius 2 is 1.67 bits per heavy atom. The molecule has 0 bridgehead atoms. The molecule has 0 aliphatic rings. The van der Waals surface area contributed by atoms with E-state index in [-0.39, 0.29) is 11.5 Å². The average Bonchev–Trinajstić information content (AvgIpc) is 3.32. The van der Waals surface area contributed by atoms with E-state index in [1.54, 1.807) is 0 Å². The van der Waals surface area contributed by atoms with Crippen molar-refractivity contribution in [2.75, 3.05) is 5.32 Å². The Morgan fingerprint density at radius 1 is 0.917 bits per heavy atom. The highest BCUT2D eigenvalue weighted by molar-refractivity contribution is 6.12. The van der Waals surface area contributed by atoms with E-state index in [1.165, 1.54) is 4.80 Å². The average molecular weight is 477 g/mol. The monoisotopic (exact) mass is 476 g/mol. The predicted molar refractivity (Wildman–Crippen MR) is 143 cm³/mol. The highest BCUT2D eigenvalue weighted by atomic mass is 16.3. The maximum Gasteiger partial charge on any atom is 0.195 e. The van der Waals surface area contributed by atoms with Crippen molar-refractivity contribution in [2.45, 2.75) is 33.1 Å². The molecule has 0 radical (unpaired) electrons. The molecule has 5 rings (SSSR count). The van der Waals surface area contributed by atoms with Crippen LogP contribution < -0.4 is 5.32 Å². The van der Waals surface area contributed by atoms with Crippen molar-refractivity contribution in [3.05, 3.63) is 107 Å². The molecule has 6 nitrogen and oxygen atoms in total. The smallest absolute Gasteiger partial charge is 0.195 e. The van der Waals surface area contributed by atoms with Gasteiger partial charge in [-0.2, -0.15) is 0 Å². The number of fused-ring (bicyclic) bond motifs is 1. The maximum atomic E-state index is 13.1. The second-order valence-electron chi connectivity index (χ2n) is 8.95. The van der Waals surface area contributed by atoms with Crippen molar-refractivity contribution >= 4 is 28.2 Å². The lowest BCUT2D eigenvalue weighted by molar-refractivity contribution is 0.103. The number of hydrogen-bond donors (Lipinski definition) is 2. The largest absolute Gasteiger partial charge is 0.505 e. The minimum atomic E-state index is -0.0421. The van der Waals surface area contributed by atoms with Gasteiger partial charge in [-0.25, -0.2) is 0 Å². The molecule has 36 heavy (non-hydrogen) atoms. The summed E-state index contributed by atoms with van der Waals surface area (Å²) in [6, 6.07) is 26.3. The Morgan fingerprint density at radius 3 is 2.47 bits per heavy atom. The summed E-state index contributed by atoms with van der Waals surface area (Å²) in [4.78, 5) is 14.6. The molecule has 2 N–H and O–H groups in total. The van der Waals surface area contributed by atoms with Gasteiger partial charge in [-0.05, 0) is 67.3 Å². The molecule has 180 valence electrons. The minimum Gasteiger partial charge on any atom is -0.505 e. The van der Waals surface area contributed by atoms with Gasteiger partial charge in [0.2, 0.25) is 0 Å². The number of unbranched alkanes of at least 4 members (excludes halogenated alkanes) is 1. The second-order valence-corrected chi connectivity index (χ2v) is 8.95. The van der Waals surface area contributed by atoms with Crippen LogP contribution in [0.15, 0.2) is 84.9 Å². The summed E-state index contributed by atoms with van der Waals surface area (Å²) in [5.41, 5.74) is 6.68. The molecule has 0 aliphatic carbocycles. The van der Waals surface area contributed by atoms with E-state index in [9.17, 15) is 9.90 Å². The Kier molecular flexibility index (Phi) is 6.50. The molecule has 5 aromatic rings. The fourth-order valence-corrected chi connectivity index (χ4v) is 4.33.